The van der Waals surface area contributed by atoms with Gasteiger partial charge < -0.3 is 4.74 Å². The fraction of sp³-hybridized carbons (Fsp3) is 0.387. The van der Waals surface area contributed by atoms with Crippen LogP contribution in [0.4, 0.5) is 0 Å². The average molecular weight is 470 g/mol. The van der Waals surface area contributed by atoms with Gasteiger partial charge in [-0.15, -0.1) is 0 Å². The van der Waals surface area contributed by atoms with E-state index >= 15 is 0 Å². The lowest BCUT2D eigenvalue weighted by atomic mass is 9.52. The van der Waals surface area contributed by atoms with Crippen LogP contribution in [0.15, 0.2) is 87.5 Å². The monoisotopic (exact) mass is 469 g/mol. The van der Waals surface area contributed by atoms with E-state index < -0.39 is 0 Å². The van der Waals surface area contributed by atoms with Crippen molar-refractivity contribution in [3.63, 3.8) is 0 Å². The van der Waals surface area contributed by atoms with E-state index in [9.17, 15) is 4.79 Å². The Bertz CT molecular complexity index is 1100. The molecule has 0 aromatic heterocycles. The number of rotatable bonds is 5. The van der Waals surface area contributed by atoms with Crippen LogP contribution >= 0.6 is 0 Å². The summed E-state index contributed by atoms with van der Waals surface area (Å²) in [5.74, 6) is 3.72. The van der Waals surface area contributed by atoms with Gasteiger partial charge >= 0.3 is 5.97 Å². The molecule has 0 N–H and O–H groups in total. The molecule has 4 fully saturated rings. The zero-order valence-electron chi connectivity index (χ0n) is 20.1. The van der Waals surface area contributed by atoms with Crippen molar-refractivity contribution >= 4 is 16.9 Å². The first kappa shape index (κ1) is 22.0. The van der Waals surface area contributed by atoms with E-state index in [1.54, 1.807) is 0 Å². The second-order valence-corrected chi connectivity index (χ2v) is 12.7. The highest BCUT2D eigenvalue weighted by Gasteiger charge is 2.51. The fourth-order valence-electron chi connectivity index (χ4n) is 7.19. The van der Waals surface area contributed by atoms with Crippen molar-refractivity contribution in [2.24, 2.45) is 29.6 Å². The van der Waals surface area contributed by atoms with Crippen molar-refractivity contribution in [2.45, 2.75) is 60.6 Å². The van der Waals surface area contributed by atoms with Crippen molar-refractivity contribution in [3.05, 3.63) is 83.9 Å². The number of ether oxygens (including phenoxy) is 1. The van der Waals surface area contributed by atoms with E-state index in [2.05, 4.69) is 86.6 Å². The second-order valence-electron chi connectivity index (χ2n) is 10.7. The molecule has 0 aliphatic heterocycles. The summed E-state index contributed by atoms with van der Waals surface area (Å²) in [6.07, 6.45) is 6.35. The molecular weight excluding hydrogens is 436 g/mol. The summed E-state index contributed by atoms with van der Waals surface area (Å²) in [5.41, 5.74) is 2.10. The Balaban J connectivity index is 1.30. The van der Waals surface area contributed by atoms with Gasteiger partial charge in [-0.05, 0) is 105 Å². The predicted molar refractivity (Wildman–Crippen MR) is 137 cm³/mol. The van der Waals surface area contributed by atoms with Crippen molar-refractivity contribution in [2.75, 3.05) is 0 Å². The Morgan fingerprint density at radius 1 is 0.706 bits per heavy atom. The second kappa shape index (κ2) is 8.92. The highest BCUT2D eigenvalue weighted by molar-refractivity contribution is 7.97. The van der Waals surface area contributed by atoms with Gasteiger partial charge in [0, 0.05) is 12.1 Å². The molecule has 4 bridgehead atoms. The molecular formula is C31H33O2S+. The molecule has 0 unspecified atom stereocenters. The number of carbonyl (C=O) groups is 1. The van der Waals surface area contributed by atoms with Gasteiger partial charge in [-0.2, -0.15) is 0 Å². The number of hydrogen-bond donors (Lipinski definition) is 0. The molecule has 7 rings (SSSR count). The largest absolute Gasteiger partial charge is 0.426 e. The summed E-state index contributed by atoms with van der Waals surface area (Å²) >= 11 is 0. The zero-order valence-corrected chi connectivity index (χ0v) is 20.9. The summed E-state index contributed by atoms with van der Waals surface area (Å²) in [6, 6.07) is 25.9. The van der Waals surface area contributed by atoms with Crippen LogP contribution in [0.5, 0.6) is 5.75 Å². The quantitative estimate of drug-likeness (QED) is 0.221. The van der Waals surface area contributed by atoms with Gasteiger partial charge in [-0.25, -0.2) is 0 Å². The summed E-state index contributed by atoms with van der Waals surface area (Å²) in [5, 5.41) is 0. The first-order valence-corrected chi connectivity index (χ1v) is 14.0. The predicted octanol–water partition coefficient (Wildman–Crippen LogP) is 7.38. The third-order valence-corrected chi connectivity index (χ3v) is 10.5. The molecule has 34 heavy (non-hydrogen) atoms. The highest BCUT2D eigenvalue weighted by Crippen LogP contribution is 2.56. The molecule has 0 atom stereocenters. The van der Waals surface area contributed by atoms with E-state index in [0.717, 1.165) is 28.7 Å². The number of benzene rings is 3. The van der Waals surface area contributed by atoms with Crippen molar-refractivity contribution in [1.29, 1.82) is 0 Å². The third-order valence-electron chi connectivity index (χ3n) is 8.33. The Morgan fingerprint density at radius 2 is 1.18 bits per heavy atom. The maximum absolute atomic E-state index is 13.4. The van der Waals surface area contributed by atoms with Gasteiger partial charge in [0.05, 0.1) is 16.8 Å². The Labute approximate surface area is 206 Å². The van der Waals surface area contributed by atoms with Crippen LogP contribution in [0.3, 0.4) is 0 Å². The molecule has 4 saturated carbocycles. The summed E-state index contributed by atoms with van der Waals surface area (Å²) < 4.78 is 6.21. The van der Waals surface area contributed by atoms with Gasteiger partial charge in [-0.3, -0.25) is 4.79 Å². The van der Waals surface area contributed by atoms with Gasteiger partial charge in [-0.1, -0.05) is 36.4 Å². The third kappa shape index (κ3) is 3.98. The molecule has 0 radical (unpaired) electrons. The summed E-state index contributed by atoms with van der Waals surface area (Å²) in [4.78, 5) is 17.3. The minimum absolute atomic E-state index is 0.0258. The SMILES string of the molecule is Cc1cc([S+](c2ccccc2)c2ccccc2)cc(C)c1OC(=O)C1C2CC3CC(C2)CC1C3. The van der Waals surface area contributed by atoms with E-state index in [4.69, 9.17) is 4.74 Å². The maximum Gasteiger partial charge on any atom is 0.314 e. The van der Waals surface area contributed by atoms with Crippen LogP contribution in [-0.2, 0) is 15.7 Å². The van der Waals surface area contributed by atoms with E-state index in [0.29, 0.717) is 11.8 Å². The Hall–Kier alpha value is -2.52. The zero-order chi connectivity index (χ0) is 23.2. The van der Waals surface area contributed by atoms with E-state index in [1.807, 2.05) is 0 Å². The molecule has 3 heteroatoms. The van der Waals surface area contributed by atoms with Crippen LogP contribution in [0.2, 0.25) is 0 Å². The van der Waals surface area contributed by atoms with Gasteiger partial charge in [0.25, 0.3) is 0 Å². The first-order chi connectivity index (χ1) is 16.6. The van der Waals surface area contributed by atoms with Crippen molar-refractivity contribution in [3.8, 4) is 5.75 Å². The van der Waals surface area contributed by atoms with E-state index in [-0.39, 0.29) is 22.8 Å². The Kier molecular flexibility index (Phi) is 5.77. The molecule has 0 amide bonds. The van der Waals surface area contributed by atoms with Crippen molar-refractivity contribution in [1.82, 2.24) is 0 Å². The van der Waals surface area contributed by atoms with Gasteiger partial charge in [0.15, 0.2) is 14.7 Å². The highest BCUT2D eigenvalue weighted by atomic mass is 32.2. The normalized spacial score (nSPS) is 27.2. The molecule has 174 valence electrons. The van der Waals surface area contributed by atoms with Gasteiger partial charge in [0.1, 0.15) is 5.75 Å². The first-order valence-electron chi connectivity index (χ1n) is 12.7. The molecule has 4 aliphatic rings. The number of esters is 1. The van der Waals surface area contributed by atoms with Crippen LogP contribution in [0.1, 0.15) is 43.2 Å². The van der Waals surface area contributed by atoms with E-state index in [1.165, 1.54) is 46.8 Å². The molecule has 3 aromatic rings. The van der Waals surface area contributed by atoms with Crippen LogP contribution < -0.4 is 4.74 Å². The molecule has 2 nitrogen and oxygen atoms in total. The van der Waals surface area contributed by atoms with Crippen LogP contribution in [0.25, 0.3) is 0 Å². The lowest BCUT2D eigenvalue weighted by Crippen LogP contribution is -2.49. The minimum atomic E-state index is -0.204. The standard InChI is InChI=1S/C31H33O2S/c1-20-13-28(34(26-9-5-3-6-10-26)27-11-7-4-8-12-27)14-21(2)30(20)33-31(32)29-24-16-22-15-23(18-24)19-25(29)17-22/h3-14,22-25,29H,15-19H2,1-2H3/q+1. The maximum atomic E-state index is 13.4. The topological polar surface area (TPSA) is 26.3 Å². The molecule has 0 spiro atoms. The lowest BCUT2D eigenvalue weighted by Gasteiger charge is -2.53. The summed E-state index contributed by atoms with van der Waals surface area (Å²) in [6.45, 7) is 4.18. The smallest absolute Gasteiger partial charge is 0.314 e. The molecule has 4 aliphatic carbocycles. The fourth-order valence-corrected chi connectivity index (χ4v) is 9.45. The number of aryl methyl sites for hydroxylation is 2. The lowest BCUT2D eigenvalue weighted by molar-refractivity contribution is -0.152. The average Bonchev–Trinajstić information content (AvgIpc) is 2.82. The Morgan fingerprint density at radius 3 is 1.65 bits per heavy atom. The minimum Gasteiger partial charge on any atom is -0.426 e. The van der Waals surface area contributed by atoms with Crippen LogP contribution in [0, 0.1) is 43.4 Å². The number of carbonyl (C=O) groups excluding carboxylic acids is 1. The summed E-state index contributed by atoms with van der Waals surface area (Å²) in [7, 11) is -0.204. The molecule has 3 aromatic carbocycles. The number of hydrogen-bond acceptors (Lipinski definition) is 2. The van der Waals surface area contributed by atoms with Crippen molar-refractivity contribution < 1.29 is 9.53 Å². The molecule has 0 saturated heterocycles. The van der Waals surface area contributed by atoms with Gasteiger partial charge in [0.2, 0.25) is 0 Å². The van der Waals surface area contributed by atoms with Crippen LogP contribution in [-0.4, -0.2) is 5.97 Å². The molecule has 0 heterocycles.